The van der Waals surface area contributed by atoms with E-state index in [1.165, 1.54) is 86.8 Å². The van der Waals surface area contributed by atoms with Crippen LogP contribution in [0.5, 0.6) is 0 Å². The fraction of sp³-hybridized carbons (Fsp3) is 0.571. The number of rotatable bonds is 18. The molecule has 0 aliphatic rings. The van der Waals surface area contributed by atoms with Gasteiger partial charge in [0.2, 0.25) is 0 Å². The van der Waals surface area contributed by atoms with Crippen LogP contribution in [-0.4, -0.2) is 9.98 Å². The summed E-state index contributed by atoms with van der Waals surface area (Å²) in [4.78, 5) is 4.39. The number of hydrogen-bond donors (Lipinski definition) is 0. The summed E-state index contributed by atoms with van der Waals surface area (Å²) >= 11 is 4.28. The van der Waals surface area contributed by atoms with Crippen LogP contribution in [0.15, 0.2) is 70.5 Å². The highest BCUT2D eigenvalue weighted by Gasteiger charge is 2.19. The molecule has 0 nitrogen and oxygen atoms in total. The molecule has 3 heteroatoms. The van der Waals surface area contributed by atoms with Crippen LogP contribution >= 0.6 is 32.1 Å². The number of unbranched alkanes of at least 4 members (excludes halogenated alkanes) is 8. The fourth-order valence-electron chi connectivity index (χ4n) is 3.75. The molecule has 2 unspecified atom stereocenters. The van der Waals surface area contributed by atoms with Crippen molar-refractivity contribution < 1.29 is 0 Å². The molecule has 0 spiro atoms. The van der Waals surface area contributed by atoms with Gasteiger partial charge in [0.15, 0.2) is 0 Å². The Balaban J connectivity index is 1.97. The second-order valence-electron chi connectivity index (χ2n) is 8.41. The van der Waals surface area contributed by atoms with Gasteiger partial charge in [-0.1, -0.05) is 123 Å². The summed E-state index contributed by atoms with van der Waals surface area (Å²) in [6.07, 6.45) is 16.6. The van der Waals surface area contributed by atoms with Crippen LogP contribution in [0.4, 0.5) is 0 Å². The summed E-state index contributed by atoms with van der Waals surface area (Å²) in [7, 11) is 1.02. The molecule has 0 bridgehead atoms. The highest BCUT2D eigenvalue weighted by Crippen LogP contribution is 2.48. The summed E-state index contributed by atoms with van der Waals surface area (Å²) in [5.41, 5.74) is 0. The Morgan fingerprint density at radius 1 is 0.548 bits per heavy atom. The number of hydrogen-bond acceptors (Lipinski definition) is 2. The van der Waals surface area contributed by atoms with Gasteiger partial charge in [0.25, 0.3) is 0 Å². The van der Waals surface area contributed by atoms with Crippen LogP contribution in [0.1, 0.15) is 90.9 Å². The Morgan fingerprint density at radius 2 is 0.935 bits per heavy atom. The van der Waals surface area contributed by atoms with Gasteiger partial charge in [0.1, 0.15) is 0 Å². The maximum Gasteiger partial charge on any atom is 0.0277 e. The zero-order valence-electron chi connectivity index (χ0n) is 19.7. The van der Waals surface area contributed by atoms with Gasteiger partial charge in [0, 0.05) is 19.8 Å². The molecule has 0 N–H and O–H groups in total. The van der Waals surface area contributed by atoms with E-state index in [0.717, 1.165) is 18.6 Å². The van der Waals surface area contributed by atoms with Gasteiger partial charge in [-0.05, 0) is 37.1 Å². The zero-order chi connectivity index (χ0) is 22.0. The van der Waals surface area contributed by atoms with E-state index in [1.54, 1.807) is 0 Å². The van der Waals surface area contributed by atoms with Crippen LogP contribution in [0.25, 0.3) is 0 Å². The van der Waals surface area contributed by atoms with Gasteiger partial charge in [0.05, 0.1) is 0 Å². The Bertz CT molecular complexity index is 589. The Labute approximate surface area is 202 Å². The third kappa shape index (κ3) is 13.0. The van der Waals surface area contributed by atoms with E-state index in [9.17, 15) is 0 Å². The third-order valence-electron chi connectivity index (χ3n) is 5.55. The van der Waals surface area contributed by atoms with Gasteiger partial charge in [-0.15, -0.1) is 23.5 Å². The van der Waals surface area contributed by atoms with Crippen molar-refractivity contribution in [3.05, 3.63) is 60.7 Å². The molecule has 172 valence electrons. The van der Waals surface area contributed by atoms with E-state index in [4.69, 9.17) is 0 Å². The maximum absolute atomic E-state index is 2.31. The molecule has 2 atom stereocenters. The normalized spacial score (nSPS) is 13.6. The molecule has 0 aromatic heterocycles. The topological polar surface area (TPSA) is 0 Å². The molecule has 0 aliphatic heterocycles. The summed E-state index contributed by atoms with van der Waals surface area (Å²) in [6, 6.07) is 22.2. The molecule has 0 saturated carbocycles. The van der Waals surface area contributed by atoms with Crippen molar-refractivity contribution in [2.45, 2.75) is 111 Å². The standard InChI is InChI=1S/C28H43PS2/c1-3-5-7-9-17-23-27(30-25-19-13-11-14-20-25)29-28(24-18-10-8-6-4-2)31-26-21-15-12-16-22-26/h11-16,19-22,27-29H,3-10,17-18,23-24H2,1-2H3. The van der Waals surface area contributed by atoms with Crippen LogP contribution in [-0.2, 0) is 0 Å². The molecule has 0 radical (unpaired) electrons. The Hall–Kier alpha value is -0.430. The first-order chi connectivity index (χ1) is 15.3. The molecule has 0 saturated heterocycles. The lowest BCUT2D eigenvalue weighted by molar-refractivity contribution is 0.617. The monoisotopic (exact) mass is 474 g/mol. The zero-order valence-corrected chi connectivity index (χ0v) is 22.4. The highest BCUT2D eigenvalue weighted by atomic mass is 32.2. The van der Waals surface area contributed by atoms with Crippen molar-refractivity contribution in [2.75, 3.05) is 0 Å². The van der Waals surface area contributed by atoms with Crippen molar-refractivity contribution >= 4 is 32.1 Å². The summed E-state index contributed by atoms with van der Waals surface area (Å²) in [5, 5.41) is 0. The van der Waals surface area contributed by atoms with Crippen molar-refractivity contribution in [1.29, 1.82) is 0 Å². The van der Waals surface area contributed by atoms with Crippen LogP contribution in [0, 0.1) is 0 Å². The smallest absolute Gasteiger partial charge is 0.0277 e. The fourth-order valence-corrected chi connectivity index (χ4v) is 9.37. The molecule has 0 fully saturated rings. The molecule has 0 aliphatic carbocycles. The van der Waals surface area contributed by atoms with Gasteiger partial charge >= 0.3 is 0 Å². The van der Waals surface area contributed by atoms with Crippen molar-refractivity contribution in [3.8, 4) is 0 Å². The summed E-state index contributed by atoms with van der Waals surface area (Å²) in [6.45, 7) is 4.61. The van der Waals surface area contributed by atoms with Crippen molar-refractivity contribution in [2.24, 2.45) is 0 Å². The number of thioether (sulfide) groups is 2. The lowest BCUT2D eigenvalue weighted by Crippen LogP contribution is -2.04. The Kier molecular flexibility index (Phi) is 15.6. The number of benzene rings is 2. The quantitative estimate of drug-likeness (QED) is 0.120. The molecule has 31 heavy (non-hydrogen) atoms. The molecule has 2 aromatic carbocycles. The Morgan fingerprint density at radius 3 is 1.32 bits per heavy atom. The molecular formula is C28H43PS2. The van der Waals surface area contributed by atoms with Gasteiger partial charge in [-0.3, -0.25) is 0 Å². The van der Waals surface area contributed by atoms with E-state index in [2.05, 4.69) is 98.0 Å². The molecule has 2 rings (SSSR count). The lowest BCUT2D eigenvalue weighted by atomic mass is 10.1. The van der Waals surface area contributed by atoms with Crippen molar-refractivity contribution in [3.63, 3.8) is 0 Å². The first-order valence-corrected chi connectivity index (χ1v) is 15.4. The first-order valence-electron chi connectivity index (χ1n) is 12.5. The predicted octanol–water partition coefficient (Wildman–Crippen LogP) is 10.6. The predicted molar refractivity (Wildman–Crippen MR) is 147 cm³/mol. The van der Waals surface area contributed by atoms with Gasteiger partial charge < -0.3 is 0 Å². The van der Waals surface area contributed by atoms with E-state index in [0.29, 0.717) is 0 Å². The lowest BCUT2D eigenvalue weighted by Gasteiger charge is -2.24. The minimum absolute atomic E-state index is 0.751. The molecular weight excluding hydrogens is 431 g/mol. The molecule has 0 heterocycles. The molecule has 2 aromatic rings. The van der Waals surface area contributed by atoms with E-state index >= 15 is 0 Å². The highest BCUT2D eigenvalue weighted by molar-refractivity contribution is 8.08. The van der Waals surface area contributed by atoms with Crippen LogP contribution < -0.4 is 0 Å². The van der Waals surface area contributed by atoms with Crippen molar-refractivity contribution in [1.82, 2.24) is 0 Å². The van der Waals surface area contributed by atoms with E-state index in [1.807, 2.05) is 0 Å². The minimum Gasteiger partial charge on any atom is -0.118 e. The molecule has 0 amide bonds. The van der Waals surface area contributed by atoms with Gasteiger partial charge in [-0.2, -0.15) is 0 Å². The van der Waals surface area contributed by atoms with Crippen LogP contribution in [0.3, 0.4) is 0 Å². The average molecular weight is 475 g/mol. The van der Waals surface area contributed by atoms with Gasteiger partial charge in [-0.25, -0.2) is 0 Å². The van der Waals surface area contributed by atoms with E-state index < -0.39 is 0 Å². The first kappa shape index (κ1) is 26.8. The van der Waals surface area contributed by atoms with E-state index in [-0.39, 0.29) is 0 Å². The second-order valence-corrected chi connectivity index (χ2v) is 13.5. The van der Waals surface area contributed by atoms with Crippen LogP contribution in [0.2, 0.25) is 0 Å². The largest absolute Gasteiger partial charge is 0.118 e. The maximum atomic E-state index is 2.31. The SMILES string of the molecule is CCCCCCCC(PC(CCCCCCC)Sc1ccccc1)Sc1ccccc1. The summed E-state index contributed by atoms with van der Waals surface area (Å²) < 4.78 is 0. The second kappa shape index (κ2) is 18.0. The minimum atomic E-state index is 0.751. The third-order valence-corrected chi connectivity index (χ3v) is 10.5. The average Bonchev–Trinajstić information content (AvgIpc) is 2.80. The summed E-state index contributed by atoms with van der Waals surface area (Å²) in [5.74, 6) is 0.